The predicted octanol–water partition coefficient (Wildman–Crippen LogP) is 2.51. The molecule has 1 aromatic carbocycles. The van der Waals surface area contributed by atoms with Gasteiger partial charge in [-0.05, 0) is 26.8 Å². The van der Waals surface area contributed by atoms with Crippen molar-refractivity contribution in [3.05, 3.63) is 29.8 Å². The highest BCUT2D eigenvalue weighted by Gasteiger charge is 2.10. The summed E-state index contributed by atoms with van der Waals surface area (Å²) < 4.78 is 11.1. The quantitative estimate of drug-likeness (QED) is 0.806. The van der Waals surface area contributed by atoms with E-state index in [2.05, 4.69) is 0 Å². The average Bonchev–Trinajstić information content (AvgIpc) is 2.27. The summed E-state index contributed by atoms with van der Waals surface area (Å²) in [5, 5.41) is 0. The summed E-state index contributed by atoms with van der Waals surface area (Å²) in [4.78, 5) is 0. The first kappa shape index (κ1) is 13.0. The molecule has 1 rings (SSSR count). The van der Waals surface area contributed by atoms with Crippen LogP contribution in [0, 0.1) is 0 Å². The fourth-order valence-corrected chi connectivity index (χ4v) is 1.50. The highest BCUT2D eigenvalue weighted by atomic mass is 16.5. The minimum atomic E-state index is -0.0181. The van der Waals surface area contributed by atoms with E-state index < -0.39 is 0 Å². The SMILES string of the molecule is CCOCC(C)Oc1ccccc1[C@H](C)N. The number of hydrogen-bond donors (Lipinski definition) is 1. The molecule has 2 atom stereocenters. The second-order valence-electron chi connectivity index (χ2n) is 3.91. The van der Waals surface area contributed by atoms with Crippen LogP contribution in [-0.4, -0.2) is 19.3 Å². The van der Waals surface area contributed by atoms with E-state index in [1.807, 2.05) is 45.0 Å². The summed E-state index contributed by atoms with van der Waals surface area (Å²) in [5.41, 5.74) is 6.91. The second-order valence-corrected chi connectivity index (χ2v) is 3.91. The highest BCUT2D eigenvalue weighted by Crippen LogP contribution is 2.24. The van der Waals surface area contributed by atoms with Gasteiger partial charge in [0.25, 0.3) is 0 Å². The van der Waals surface area contributed by atoms with Crippen molar-refractivity contribution in [3.8, 4) is 5.75 Å². The van der Waals surface area contributed by atoms with Gasteiger partial charge in [0.05, 0.1) is 6.61 Å². The van der Waals surface area contributed by atoms with Crippen molar-refractivity contribution in [2.75, 3.05) is 13.2 Å². The summed E-state index contributed by atoms with van der Waals surface area (Å²) in [5.74, 6) is 0.852. The van der Waals surface area contributed by atoms with Gasteiger partial charge in [0, 0.05) is 18.2 Å². The minimum absolute atomic E-state index is 0.0181. The number of benzene rings is 1. The van der Waals surface area contributed by atoms with Gasteiger partial charge in [0.15, 0.2) is 0 Å². The monoisotopic (exact) mass is 223 g/mol. The minimum Gasteiger partial charge on any atom is -0.488 e. The Morgan fingerprint density at radius 3 is 2.56 bits per heavy atom. The molecule has 0 aliphatic rings. The normalized spacial score (nSPS) is 14.5. The number of hydrogen-bond acceptors (Lipinski definition) is 3. The molecule has 0 heterocycles. The van der Waals surface area contributed by atoms with Gasteiger partial charge in [-0.1, -0.05) is 18.2 Å². The van der Waals surface area contributed by atoms with Crippen LogP contribution in [0.5, 0.6) is 5.75 Å². The van der Waals surface area contributed by atoms with E-state index in [9.17, 15) is 0 Å². The lowest BCUT2D eigenvalue weighted by Crippen LogP contribution is -2.20. The molecule has 90 valence electrons. The molecule has 0 spiro atoms. The molecular formula is C13H21NO2. The molecule has 0 saturated carbocycles. The van der Waals surface area contributed by atoms with Gasteiger partial charge in [-0.2, -0.15) is 0 Å². The number of rotatable bonds is 6. The molecule has 0 fully saturated rings. The Morgan fingerprint density at radius 1 is 1.25 bits per heavy atom. The van der Waals surface area contributed by atoms with Crippen molar-refractivity contribution >= 4 is 0 Å². The van der Waals surface area contributed by atoms with Gasteiger partial charge >= 0.3 is 0 Å². The summed E-state index contributed by atoms with van der Waals surface area (Å²) in [6.07, 6.45) is 0.0415. The zero-order chi connectivity index (χ0) is 12.0. The molecule has 0 aliphatic carbocycles. The van der Waals surface area contributed by atoms with Crippen molar-refractivity contribution in [3.63, 3.8) is 0 Å². The van der Waals surface area contributed by atoms with Gasteiger partial charge in [-0.15, -0.1) is 0 Å². The predicted molar refractivity (Wildman–Crippen MR) is 65.6 cm³/mol. The van der Waals surface area contributed by atoms with E-state index in [4.69, 9.17) is 15.2 Å². The topological polar surface area (TPSA) is 44.5 Å². The Kier molecular flexibility index (Phi) is 5.29. The zero-order valence-corrected chi connectivity index (χ0v) is 10.3. The molecular weight excluding hydrogens is 202 g/mol. The fraction of sp³-hybridized carbons (Fsp3) is 0.538. The van der Waals surface area contributed by atoms with Crippen molar-refractivity contribution < 1.29 is 9.47 Å². The molecule has 0 aliphatic heterocycles. The zero-order valence-electron chi connectivity index (χ0n) is 10.3. The fourth-order valence-electron chi connectivity index (χ4n) is 1.50. The third-order valence-electron chi connectivity index (χ3n) is 2.29. The van der Waals surface area contributed by atoms with Crippen molar-refractivity contribution in [2.24, 2.45) is 5.73 Å². The van der Waals surface area contributed by atoms with Gasteiger partial charge in [0.2, 0.25) is 0 Å². The molecule has 3 nitrogen and oxygen atoms in total. The van der Waals surface area contributed by atoms with Gasteiger partial charge in [-0.25, -0.2) is 0 Å². The van der Waals surface area contributed by atoms with Crippen LogP contribution >= 0.6 is 0 Å². The van der Waals surface area contributed by atoms with E-state index >= 15 is 0 Å². The third kappa shape index (κ3) is 3.83. The van der Waals surface area contributed by atoms with Crippen molar-refractivity contribution in [1.82, 2.24) is 0 Å². The first-order valence-corrected chi connectivity index (χ1v) is 5.74. The van der Waals surface area contributed by atoms with E-state index in [-0.39, 0.29) is 12.1 Å². The Bertz CT molecular complexity index is 313. The Hall–Kier alpha value is -1.06. The summed E-state index contributed by atoms with van der Waals surface area (Å²) in [7, 11) is 0. The lowest BCUT2D eigenvalue weighted by atomic mass is 10.1. The Balaban J connectivity index is 2.65. The average molecular weight is 223 g/mol. The molecule has 0 saturated heterocycles. The lowest BCUT2D eigenvalue weighted by molar-refractivity contribution is 0.0651. The number of ether oxygens (including phenoxy) is 2. The van der Waals surface area contributed by atoms with Crippen LogP contribution in [0.15, 0.2) is 24.3 Å². The number of para-hydroxylation sites is 1. The van der Waals surface area contributed by atoms with Crippen LogP contribution in [-0.2, 0) is 4.74 Å². The molecule has 1 aromatic rings. The van der Waals surface area contributed by atoms with Crippen LogP contribution in [0.2, 0.25) is 0 Å². The van der Waals surface area contributed by atoms with Crippen LogP contribution in [0.3, 0.4) is 0 Å². The molecule has 3 heteroatoms. The summed E-state index contributed by atoms with van der Waals surface area (Å²) in [6.45, 7) is 7.23. The maximum Gasteiger partial charge on any atom is 0.124 e. The number of nitrogens with two attached hydrogens (primary N) is 1. The van der Waals surface area contributed by atoms with Gasteiger partial charge < -0.3 is 15.2 Å². The second kappa shape index (κ2) is 6.51. The van der Waals surface area contributed by atoms with Crippen LogP contribution in [0.1, 0.15) is 32.4 Å². The smallest absolute Gasteiger partial charge is 0.124 e. The van der Waals surface area contributed by atoms with E-state index in [1.165, 1.54) is 0 Å². The van der Waals surface area contributed by atoms with E-state index in [0.29, 0.717) is 13.2 Å². The Labute approximate surface area is 97.6 Å². The molecule has 0 radical (unpaired) electrons. The van der Waals surface area contributed by atoms with Gasteiger partial charge in [0.1, 0.15) is 11.9 Å². The largest absolute Gasteiger partial charge is 0.488 e. The van der Waals surface area contributed by atoms with Crippen molar-refractivity contribution in [2.45, 2.75) is 32.9 Å². The summed E-state index contributed by atoms with van der Waals surface area (Å²) >= 11 is 0. The molecule has 1 unspecified atom stereocenters. The molecule has 0 aromatic heterocycles. The molecule has 0 amide bonds. The van der Waals surface area contributed by atoms with E-state index in [0.717, 1.165) is 11.3 Å². The third-order valence-corrected chi connectivity index (χ3v) is 2.29. The Morgan fingerprint density at radius 2 is 1.94 bits per heavy atom. The molecule has 2 N–H and O–H groups in total. The van der Waals surface area contributed by atoms with E-state index in [1.54, 1.807) is 0 Å². The van der Waals surface area contributed by atoms with Crippen LogP contribution in [0.4, 0.5) is 0 Å². The van der Waals surface area contributed by atoms with Crippen molar-refractivity contribution in [1.29, 1.82) is 0 Å². The van der Waals surface area contributed by atoms with Crippen LogP contribution in [0.25, 0.3) is 0 Å². The maximum atomic E-state index is 5.88. The molecule has 16 heavy (non-hydrogen) atoms. The highest BCUT2D eigenvalue weighted by molar-refractivity contribution is 5.35. The standard InChI is InChI=1S/C13H21NO2/c1-4-15-9-10(2)16-13-8-6-5-7-12(13)11(3)14/h5-8,10-11H,4,9,14H2,1-3H3/t10?,11-/m0/s1. The first-order chi connectivity index (χ1) is 7.65. The van der Waals surface area contributed by atoms with Gasteiger partial charge in [-0.3, -0.25) is 0 Å². The lowest BCUT2D eigenvalue weighted by Gasteiger charge is -2.18. The summed E-state index contributed by atoms with van der Waals surface area (Å²) in [6, 6.07) is 7.84. The first-order valence-electron chi connectivity index (χ1n) is 5.74. The maximum absolute atomic E-state index is 5.88. The molecule has 0 bridgehead atoms. The van der Waals surface area contributed by atoms with Crippen LogP contribution < -0.4 is 10.5 Å².